The molecule has 8 heteroatoms. The van der Waals surface area contributed by atoms with Gasteiger partial charge in [-0.15, -0.1) is 0 Å². The lowest BCUT2D eigenvalue weighted by molar-refractivity contribution is -0.118. The summed E-state index contributed by atoms with van der Waals surface area (Å²) in [4.78, 5) is 15.6. The molecule has 1 amide bonds. The van der Waals surface area contributed by atoms with Crippen LogP contribution < -0.4 is 14.4 Å². The molecule has 0 aliphatic carbocycles. The number of amides is 1. The van der Waals surface area contributed by atoms with Gasteiger partial charge >= 0.3 is 0 Å². The van der Waals surface area contributed by atoms with E-state index >= 15 is 0 Å². The van der Waals surface area contributed by atoms with Gasteiger partial charge in [-0.25, -0.2) is 0 Å². The second kappa shape index (κ2) is 11.6. The Hall–Kier alpha value is -2.87. The number of rotatable bonds is 7. The van der Waals surface area contributed by atoms with Crippen LogP contribution in [0.25, 0.3) is 0 Å². The third-order valence-corrected chi connectivity index (χ3v) is 9.68. The summed E-state index contributed by atoms with van der Waals surface area (Å²) in [5.74, 6) is 2.47. The number of aliphatic hydroxyl groups is 1. The lowest BCUT2D eigenvalue weighted by Gasteiger charge is -2.39. The van der Waals surface area contributed by atoms with E-state index in [1.54, 1.807) is 7.11 Å². The Balaban J connectivity index is 1.56. The number of fused-ring (bicyclic) bond motifs is 1. The minimum absolute atomic E-state index is 0.0377. The molecule has 0 radical (unpaired) electrons. The molecule has 0 saturated carbocycles. The summed E-state index contributed by atoms with van der Waals surface area (Å²) in [5.41, 5.74) is 3.26. The first-order valence-electron chi connectivity index (χ1n) is 13.7. The molecular formula is C32H36ClNO5S. The van der Waals surface area contributed by atoms with E-state index < -0.39 is 22.4 Å². The molecule has 2 aliphatic heterocycles. The lowest BCUT2D eigenvalue weighted by atomic mass is 9.79. The molecule has 1 N–H and O–H groups in total. The van der Waals surface area contributed by atoms with Gasteiger partial charge < -0.3 is 19.5 Å². The average molecular weight is 582 g/mol. The zero-order valence-electron chi connectivity index (χ0n) is 23.4. The van der Waals surface area contributed by atoms with Crippen LogP contribution in [0.1, 0.15) is 61.9 Å². The van der Waals surface area contributed by atoms with Crippen LogP contribution in [0.2, 0.25) is 5.02 Å². The van der Waals surface area contributed by atoms with E-state index in [2.05, 4.69) is 0 Å². The Morgan fingerprint density at radius 2 is 1.68 bits per heavy atom. The number of carbonyl (C=O) groups is 1. The van der Waals surface area contributed by atoms with Gasteiger partial charge in [0.05, 0.1) is 31.3 Å². The fourth-order valence-electron chi connectivity index (χ4n) is 5.88. The first kappa shape index (κ1) is 28.7. The van der Waals surface area contributed by atoms with Crippen LogP contribution in [0, 0.1) is 5.92 Å². The highest BCUT2D eigenvalue weighted by Gasteiger charge is 2.38. The number of nitrogens with zero attached hydrogens (tertiary/aromatic N) is 1. The maximum absolute atomic E-state index is 13.8. The number of hydrogen-bond acceptors (Lipinski definition) is 5. The summed E-state index contributed by atoms with van der Waals surface area (Å²) in [6.45, 7) is 5.77. The van der Waals surface area contributed by atoms with Crippen LogP contribution in [0.4, 0.5) is 5.69 Å². The van der Waals surface area contributed by atoms with Crippen LogP contribution in [0.3, 0.4) is 0 Å². The maximum Gasteiger partial charge on any atom is 0.232 e. The number of ether oxygens (including phenoxy) is 2. The van der Waals surface area contributed by atoms with Gasteiger partial charge in [0, 0.05) is 33.0 Å². The van der Waals surface area contributed by atoms with Gasteiger partial charge in [-0.1, -0.05) is 35.9 Å². The summed E-state index contributed by atoms with van der Waals surface area (Å²) in [6, 6.07) is 18.7. The van der Waals surface area contributed by atoms with Gasteiger partial charge in [-0.05, 0) is 98.2 Å². The van der Waals surface area contributed by atoms with Crippen molar-refractivity contribution < 1.29 is 23.6 Å². The quantitative estimate of drug-likeness (QED) is 0.360. The van der Waals surface area contributed by atoms with E-state index in [1.165, 1.54) is 0 Å². The van der Waals surface area contributed by atoms with Crippen molar-refractivity contribution in [1.82, 2.24) is 0 Å². The van der Waals surface area contributed by atoms with E-state index in [0.717, 1.165) is 40.8 Å². The summed E-state index contributed by atoms with van der Waals surface area (Å²) in [7, 11) is 0.810. The highest BCUT2D eigenvalue weighted by atomic mass is 35.5. The molecule has 40 heavy (non-hydrogen) atoms. The van der Waals surface area contributed by atoms with E-state index in [4.69, 9.17) is 21.1 Å². The first-order chi connectivity index (χ1) is 19.1. The zero-order valence-corrected chi connectivity index (χ0v) is 24.9. The van der Waals surface area contributed by atoms with Crippen molar-refractivity contribution in [3.8, 4) is 11.5 Å². The summed E-state index contributed by atoms with van der Waals surface area (Å²) in [6.07, 6.45) is 1.63. The number of methoxy groups -OCH3 is 1. The molecule has 5 rings (SSSR count). The molecule has 2 heterocycles. The fourth-order valence-corrected chi connectivity index (χ4v) is 7.30. The number of carbonyl (C=O) groups excluding carboxylic acids is 1. The van der Waals surface area contributed by atoms with Crippen molar-refractivity contribution in [2.24, 2.45) is 5.92 Å². The Morgan fingerprint density at radius 3 is 2.27 bits per heavy atom. The minimum Gasteiger partial charge on any atom is -0.493 e. The second-order valence-corrected chi connectivity index (χ2v) is 13.2. The predicted molar refractivity (Wildman–Crippen MR) is 160 cm³/mol. The molecule has 0 bridgehead atoms. The van der Waals surface area contributed by atoms with Crippen molar-refractivity contribution in [2.75, 3.05) is 23.5 Å². The van der Waals surface area contributed by atoms with Gasteiger partial charge in [0.15, 0.2) is 11.5 Å². The van der Waals surface area contributed by atoms with Gasteiger partial charge in [0.2, 0.25) is 5.91 Å². The monoisotopic (exact) mass is 581 g/mol. The normalized spacial score (nSPS) is 22.5. The van der Waals surface area contributed by atoms with E-state index in [0.29, 0.717) is 28.0 Å². The van der Waals surface area contributed by atoms with Crippen molar-refractivity contribution in [3.05, 3.63) is 87.9 Å². The maximum atomic E-state index is 13.8. The number of hydrogen-bond donors (Lipinski definition) is 1. The standard InChI is InChI=1S/C32H36ClNO5S/c1-20(2)39-29-19-27-22(17-28(29)38-4)18-30(35)34(31(27)21-5-9-25(33)10-6-21)26-11-7-23(8-12-26)32(3,36)24-13-15-40(37)16-14-24/h5-12,17,19-20,24,31,36H,13-16,18H2,1-4H3/t24?,31?,32-,40?/m1/s1. The topological polar surface area (TPSA) is 76.1 Å². The van der Waals surface area contributed by atoms with Crippen LogP contribution in [0.15, 0.2) is 60.7 Å². The van der Waals surface area contributed by atoms with E-state index in [9.17, 15) is 14.1 Å². The highest BCUT2D eigenvalue weighted by molar-refractivity contribution is 7.85. The summed E-state index contributed by atoms with van der Waals surface area (Å²) < 4.78 is 23.6. The second-order valence-electron chi connectivity index (χ2n) is 11.1. The highest BCUT2D eigenvalue weighted by Crippen LogP contribution is 2.44. The van der Waals surface area contributed by atoms with Crippen molar-refractivity contribution >= 4 is 34.0 Å². The molecular weight excluding hydrogens is 546 g/mol. The van der Waals surface area contributed by atoms with Gasteiger partial charge in [0.25, 0.3) is 0 Å². The molecule has 0 spiro atoms. The first-order valence-corrected chi connectivity index (χ1v) is 15.6. The third-order valence-electron chi connectivity index (χ3n) is 8.05. The smallest absolute Gasteiger partial charge is 0.232 e. The van der Waals surface area contributed by atoms with Crippen molar-refractivity contribution in [3.63, 3.8) is 0 Å². The molecule has 3 aromatic carbocycles. The molecule has 1 fully saturated rings. The van der Waals surface area contributed by atoms with Crippen LogP contribution in [-0.4, -0.2) is 39.9 Å². The molecule has 212 valence electrons. The molecule has 1 unspecified atom stereocenters. The average Bonchev–Trinajstić information content (AvgIpc) is 2.93. The summed E-state index contributed by atoms with van der Waals surface area (Å²) in [5, 5.41) is 12.1. The predicted octanol–water partition coefficient (Wildman–Crippen LogP) is 6.18. The Labute approximate surface area is 243 Å². The lowest BCUT2D eigenvalue weighted by Crippen LogP contribution is -2.41. The summed E-state index contributed by atoms with van der Waals surface area (Å²) >= 11 is 6.23. The van der Waals surface area contributed by atoms with Crippen LogP contribution in [0.5, 0.6) is 11.5 Å². The molecule has 2 aliphatic rings. The van der Waals surface area contributed by atoms with Gasteiger partial charge in [0.1, 0.15) is 0 Å². The van der Waals surface area contributed by atoms with Gasteiger partial charge in [-0.3, -0.25) is 9.00 Å². The Kier molecular flexibility index (Phi) is 8.27. The minimum atomic E-state index is -1.04. The van der Waals surface area contributed by atoms with E-state index in [1.807, 2.05) is 86.3 Å². The van der Waals surface area contributed by atoms with Crippen molar-refractivity contribution in [2.45, 2.75) is 57.8 Å². The number of benzene rings is 3. The molecule has 2 atom stereocenters. The Morgan fingerprint density at radius 1 is 1.02 bits per heavy atom. The zero-order chi connectivity index (χ0) is 28.6. The van der Waals surface area contributed by atoms with Crippen LogP contribution >= 0.6 is 11.6 Å². The molecule has 1 saturated heterocycles. The molecule has 6 nitrogen and oxygen atoms in total. The van der Waals surface area contributed by atoms with E-state index in [-0.39, 0.29) is 24.3 Å². The molecule has 0 aromatic heterocycles. The molecule has 3 aromatic rings. The number of anilines is 1. The largest absolute Gasteiger partial charge is 0.493 e. The van der Waals surface area contributed by atoms with Crippen molar-refractivity contribution in [1.29, 1.82) is 0 Å². The van der Waals surface area contributed by atoms with Gasteiger partial charge in [-0.2, -0.15) is 0 Å². The SMILES string of the molecule is COc1cc2c(cc1OC(C)C)C(c1ccc(Cl)cc1)N(c1ccc([C@@](C)(O)C3CCS(=O)CC3)cc1)C(=O)C2. The fraction of sp³-hybridized carbons (Fsp3) is 0.406. The number of halogens is 1. The third kappa shape index (κ3) is 5.65. The Bertz CT molecular complexity index is 1390. The van der Waals surface area contributed by atoms with Crippen LogP contribution in [-0.2, 0) is 27.6 Å².